The van der Waals surface area contributed by atoms with Crippen LogP contribution in [-0.4, -0.2) is 41.3 Å². The van der Waals surface area contributed by atoms with Crippen molar-refractivity contribution in [3.63, 3.8) is 0 Å². The van der Waals surface area contributed by atoms with E-state index in [9.17, 15) is 14.0 Å². The highest BCUT2D eigenvalue weighted by Gasteiger charge is 2.30. The van der Waals surface area contributed by atoms with Crippen LogP contribution in [0.4, 0.5) is 10.1 Å². The fraction of sp³-hybridized carbons (Fsp3) is 0.308. The summed E-state index contributed by atoms with van der Waals surface area (Å²) in [5.41, 5.74) is 5.88. The first-order chi connectivity index (χ1) is 9.47. The molecule has 1 aromatic rings. The number of nitrogens with two attached hydrogens (primary N) is 1. The third kappa shape index (κ3) is 3.30. The summed E-state index contributed by atoms with van der Waals surface area (Å²) in [6.45, 7) is 0.267. The van der Waals surface area contributed by atoms with Crippen LogP contribution in [0.25, 0.3) is 0 Å². The van der Waals surface area contributed by atoms with E-state index in [-0.39, 0.29) is 36.4 Å². The van der Waals surface area contributed by atoms with Gasteiger partial charge in [0.2, 0.25) is 11.8 Å². The molecule has 1 fully saturated rings. The van der Waals surface area contributed by atoms with E-state index in [0.717, 1.165) is 4.90 Å². The fourth-order valence-electron chi connectivity index (χ4n) is 2.02. The highest BCUT2D eigenvalue weighted by Crippen LogP contribution is 2.18. The molecular formula is C13H14FN3O2S. The molecule has 0 bridgehead atoms. The van der Waals surface area contributed by atoms with Gasteiger partial charge in [-0.1, -0.05) is 18.3 Å². The Bertz CT molecular complexity index is 546. The normalized spacial score (nSPS) is 15.7. The number of anilines is 1. The van der Waals surface area contributed by atoms with E-state index in [4.69, 9.17) is 18.0 Å². The van der Waals surface area contributed by atoms with Gasteiger partial charge in [0.25, 0.3) is 0 Å². The second-order valence-corrected chi connectivity index (χ2v) is 5.02. The number of nitrogens with zero attached hydrogens (tertiary/aromatic N) is 2. The van der Waals surface area contributed by atoms with Gasteiger partial charge >= 0.3 is 0 Å². The number of halogens is 1. The number of amides is 2. The molecule has 5 nitrogen and oxygen atoms in total. The number of thiocarbonyl (C=S) groups is 1. The molecule has 0 spiro atoms. The Morgan fingerprint density at radius 3 is 2.50 bits per heavy atom. The van der Waals surface area contributed by atoms with E-state index < -0.39 is 5.82 Å². The molecule has 0 radical (unpaired) electrons. The lowest BCUT2D eigenvalue weighted by Gasteiger charge is -2.33. The number of carbonyl (C=O) groups is 2. The molecule has 0 unspecified atom stereocenters. The Morgan fingerprint density at radius 2 is 1.95 bits per heavy atom. The summed E-state index contributed by atoms with van der Waals surface area (Å²) in [7, 11) is 0. The van der Waals surface area contributed by atoms with Crippen LogP contribution in [0.15, 0.2) is 24.3 Å². The van der Waals surface area contributed by atoms with Crippen LogP contribution in [0.5, 0.6) is 0 Å². The molecule has 1 heterocycles. The van der Waals surface area contributed by atoms with Crippen LogP contribution in [0.2, 0.25) is 0 Å². The Kier molecular flexibility index (Phi) is 4.29. The average molecular weight is 295 g/mol. The predicted octanol–water partition coefficient (Wildman–Crippen LogP) is 0.677. The van der Waals surface area contributed by atoms with E-state index >= 15 is 0 Å². The summed E-state index contributed by atoms with van der Waals surface area (Å²) < 4.78 is 13.2. The van der Waals surface area contributed by atoms with Crippen molar-refractivity contribution in [2.45, 2.75) is 6.42 Å². The third-order valence-corrected chi connectivity index (χ3v) is 3.21. The molecular weight excluding hydrogens is 281 g/mol. The zero-order valence-corrected chi connectivity index (χ0v) is 11.5. The van der Waals surface area contributed by atoms with Crippen molar-refractivity contribution >= 4 is 34.7 Å². The highest BCUT2D eigenvalue weighted by molar-refractivity contribution is 7.80. The minimum absolute atomic E-state index is 0.0343. The van der Waals surface area contributed by atoms with Gasteiger partial charge in [-0.15, -0.1) is 0 Å². The number of hydrogen-bond donors (Lipinski definition) is 1. The summed E-state index contributed by atoms with van der Waals surface area (Å²) in [5.74, 6) is -1.07. The molecule has 0 saturated carbocycles. The van der Waals surface area contributed by atoms with Crippen LogP contribution in [-0.2, 0) is 9.59 Å². The Balaban J connectivity index is 2.08. The van der Waals surface area contributed by atoms with Gasteiger partial charge in [0.1, 0.15) is 5.82 Å². The second kappa shape index (κ2) is 5.96. The molecule has 1 aliphatic heterocycles. The van der Waals surface area contributed by atoms with Crippen LogP contribution in [0.1, 0.15) is 6.42 Å². The number of benzene rings is 1. The van der Waals surface area contributed by atoms with E-state index in [1.165, 1.54) is 12.1 Å². The van der Waals surface area contributed by atoms with Gasteiger partial charge < -0.3 is 10.6 Å². The summed E-state index contributed by atoms with van der Waals surface area (Å²) in [5, 5.41) is 0. The quantitative estimate of drug-likeness (QED) is 0.653. The van der Waals surface area contributed by atoms with Gasteiger partial charge in [-0.05, 0) is 18.2 Å². The van der Waals surface area contributed by atoms with E-state index in [1.807, 2.05) is 0 Å². The lowest BCUT2D eigenvalue weighted by molar-refractivity contribution is -0.145. The lowest BCUT2D eigenvalue weighted by atomic mass is 10.2. The molecule has 2 N–H and O–H groups in total. The molecule has 7 heteroatoms. The average Bonchev–Trinajstić information content (AvgIpc) is 2.37. The van der Waals surface area contributed by atoms with Crippen molar-refractivity contribution in [1.29, 1.82) is 0 Å². The van der Waals surface area contributed by atoms with Crippen LogP contribution in [0, 0.1) is 5.82 Å². The third-order valence-electron chi connectivity index (χ3n) is 3.01. The maximum atomic E-state index is 13.2. The van der Waals surface area contributed by atoms with Crippen molar-refractivity contribution in [1.82, 2.24) is 4.90 Å². The van der Waals surface area contributed by atoms with E-state index in [0.29, 0.717) is 12.1 Å². The highest BCUT2D eigenvalue weighted by atomic mass is 32.1. The molecule has 1 aromatic carbocycles. The molecule has 2 amide bonds. The molecule has 0 atom stereocenters. The van der Waals surface area contributed by atoms with Gasteiger partial charge in [0, 0.05) is 18.7 Å². The van der Waals surface area contributed by atoms with Gasteiger partial charge in [-0.25, -0.2) is 4.39 Å². The topological polar surface area (TPSA) is 66.6 Å². The molecule has 1 saturated heterocycles. The molecule has 1 aliphatic rings. The molecule has 20 heavy (non-hydrogen) atoms. The maximum absolute atomic E-state index is 13.2. The summed E-state index contributed by atoms with van der Waals surface area (Å²) in [6.07, 6.45) is 0.312. The number of piperazine rings is 1. The fourth-order valence-corrected chi connectivity index (χ4v) is 2.11. The Labute approximate surface area is 121 Å². The van der Waals surface area contributed by atoms with Crippen molar-refractivity contribution in [2.75, 3.05) is 24.5 Å². The first kappa shape index (κ1) is 14.4. The number of carbonyl (C=O) groups excluding carboxylic acids is 2. The largest absolute Gasteiger partial charge is 0.393 e. The first-order valence-corrected chi connectivity index (χ1v) is 6.50. The van der Waals surface area contributed by atoms with E-state index in [2.05, 4.69) is 0 Å². The van der Waals surface area contributed by atoms with Crippen molar-refractivity contribution < 1.29 is 14.0 Å². The van der Waals surface area contributed by atoms with Crippen LogP contribution in [0.3, 0.4) is 0 Å². The summed E-state index contributed by atoms with van der Waals surface area (Å²) >= 11 is 4.73. The van der Waals surface area contributed by atoms with Crippen LogP contribution >= 0.6 is 12.2 Å². The minimum Gasteiger partial charge on any atom is -0.393 e. The van der Waals surface area contributed by atoms with Crippen molar-refractivity contribution in [2.24, 2.45) is 5.73 Å². The molecule has 2 rings (SSSR count). The zero-order valence-electron chi connectivity index (χ0n) is 10.7. The van der Waals surface area contributed by atoms with Crippen LogP contribution < -0.4 is 10.6 Å². The maximum Gasteiger partial charge on any atom is 0.248 e. The number of rotatable bonds is 4. The predicted molar refractivity (Wildman–Crippen MR) is 76.7 cm³/mol. The summed E-state index contributed by atoms with van der Waals surface area (Å²) in [4.78, 5) is 26.9. The molecule has 106 valence electrons. The standard InChI is InChI=1S/C13H14FN3O2S/c14-9-2-1-3-10(6-9)16-7-12(18)17(13(19)8-16)5-4-11(15)20/h1-3,6H,4-5,7-8H2,(H2,15,20). The summed E-state index contributed by atoms with van der Waals surface area (Å²) in [6, 6.07) is 5.81. The van der Waals surface area contributed by atoms with Crippen molar-refractivity contribution in [3.05, 3.63) is 30.1 Å². The number of hydrogen-bond acceptors (Lipinski definition) is 4. The van der Waals surface area contributed by atoms with Gasteiger partial charge in [0.05, 0.1) is 18.1 Å². The SMILES string of the molecule is NC(=S)CCN1C(=O)CN(c2cccc(F)c2)CC1=O. The molecule has 0 aliphatic carbocycles. The zero-order chi connectivity index (χ0) is 14.7. The Morgan fingerprint density at radius 1 is 1.30 bits per heavy atom. The van der Waals surface area contributed by atoms with E-state index in [1.54, 1.807) is 17.0 Å². The first-order valence-electron chi connectivity index (χ1n) is 6.09. The number of imide groups is 1. The van der Waals surface area contributed by atoms with Crippen molar-refractivity contribution in [3.8, 4) is 0 Å². The van der Waals surface area contributed by atoms with Gasteiger partial charge in [0.15, 0.2) is 0 Å². The second-order valence-electron chi connectivity index (χ2n) is 4.49. The minimum atomic E-state index is -0.404. The monoisotopic (exact) mass is 295 g/mol. The molecule has 0 aromatic heterocycles. The lowest BCUT2D eigenvalue weighted by Crippen LogP contribution is -2.54. The Hall–Kier alpha value is -2.02. The van der Waals surface area contributed by atoms with Gasteiger partial charge in [-0.2, -0.15) is 0 Å². The smallest absolute Gasteiger partial charge is 0.248 e. The van der Waals surface area contributed by atoms with Gasteiger partial charge in [-0.3, -0.25) is 14.5 Å².